The molecule has 0 aliphatic heterocycles. The van der Waals surface area contributed by atoms with Gasteiger partial charge in [-0.05, 0) is 25.7 Å². The molecule has 0 saturated heterocycles. The third-order valence-corrected chi connectivity index (χ3v) is 4.93. The second-order valence-electron chi connectivity index (χ2n) is 7.39. The van der Waals surface area contributed by atoms with Crippen LogP contribution in [0.1, 0.15) is 116 Å². The Labute approximate surface area is 148 Å². The monoisotopic (exact) mass is 320 g/mol. The molecule has 0 spiro atoms. The van der Waals surface area contributed by atoms with Crippen molar-refractivity contribution in [1.82, 2.24) is 0 Å². The average Bonchev–Trinajstić information content (AvgIpc) is 2.56. The molecular weight excluding hydrogens is 276 g/mol. The van der Waals surface area contributed by atoms with Crippen LogP contribution in [0.2, 0.25) is 0 Å². The van der Waals surface area contributed by atoms with E-state index in [1.54, 1.807) is 0 Å². The molecule has 136 valence electrons. The smallest absolute Gasteiger partial charge is 0.0316 e. The lowest BCUT2D eigenvalue weighted by Crippen LogP contribution is -1.95. The van der Waals surface area contributed by atoms with Crippen molar-refractivity contribution in [2.24, 2.45) is 5.92 Å². The van der Waals surface area contributed by atoms with E-state index in [-0.39, 0.29) is 0 Å². The highest BCUT2D eigenvalue weighted by Crippen LogP contribution is 2.18. The topological polar surface area (TPSA) is 0 Å². The van der Waals surface area contributed by atoms with E-state index in [4.69, 9.17) is 0 Å². The van der Waals surface area contributed by atoms with Crippen molar-refractivity contribution in [2.45, 2.75) is 116 Å². The molecule has 0 aliphatic rings. The van der Waals surface area contributed by atoms with Gasteiger partial charge in [0.05, 0.1) is 0 Å². The van der Waals surface area contributed by atoms with E-state index in [0.29, 0.717) is 0 Å². The summed E-state index contributed by atoms with van der Waals surface area (Å²) in [5.41, 5.74) is 0. The first-order chi connectivity index (χ1) is 11.3. The molecule has 0 bridgehead atoms. The molecule has 0 fully saturated rings. The lowest BCUT2D eigenvalue weighted by molar-refractivity contribution is 0.431. The Hall–Kier alpha value is -0.260. The van der Waals surface area contributed by atoms with Crippen LogP contribution in [0.4, 0.5) is 0 Å². The second kappa shape index (κ2) is 19.8. The quantitative estimate of drug-likeness (QED) is 0.222. The van der Waals surface area contributed by atoms with Gasteiger partial charge < -0.3 is 0 Å². The second-order valence-corrected chi connectivity index (χ2v) is 7.39. The van der Waals surface area contributed by atoms with Gasteiger partial charge in [-0.15, -0.1) is 0 Å². The summed E-state index contributed by atoms with van der Waals surface area (Å²) >= 11 is 0. The minimum atomic E-state index is 0.946. The van der Waals surface area contributed by atoms with Gasteiger partial charge in [-0.25, -0.2) is 0 Å². The molecule has 0 saturated carbocycles. The van der Waals surface area contributed by atoms with Gasteiger partial charge >= 0.3 is 0 Å². The third kappa shape index (κ3) is 19.7. The van der Waals surface area contributed by atoms with Gasteiger partial charge in [-0.3, -0.25) is 0 Å². The molecule has 1 unspecified atom stereocenters. The van der Waals surface area contributed by atoms with Gasteiger partial charge in [-0.1, -0.05) is 122 Å². The normalized spacial score (nSPS) is 13.0. The maximum absolute atomic E-state index is 3.90. The predicted octanol–water partition coefficient (Wildman–Crippen LogP) is 8.48. The molecule has 0 aromatic carbocycles. The third-order valence-electron chi connectivity index (χ3n) is 4.93. The minimum Gasteiger partial charge on any atom is -0.0885 e. The molecule has 0 aliphatic carbocycles. The van der Waals surface area contributed by atoms with E-state index < -0.39 is 0 Å². The summed E-state index contributed by atoms with van der Waals surface area (Å²) in [5.74, 6) is 0.946. The zero-order valence-electron chi connectivity index (χ0n) is 16.2. The lowest BCUT2D eigenvalue weighted by atomic mass is 9.96. The average molecular weight is 321 g/mol. The van der Waals surface area contributed by atoms with Crippen LogP contribution in [0.25, 0.3) is 0 Å². The Bertz CT molecular complexity index is 228. The first kappa shape index (κ1) is 22.7. The van der Waals surface area contributed by atoms with Crippen LogP contribution in [-0.4, -0.2) is 0 Å². The van der Waals surface area contributed by atoms with Gasteiger partial charge in [0.1, 0.15) is 0 Å². The summed E-state index contributed by atoms with van der Waals surface area (Å²) in [5, 5.41) is 0. The molecule has 2 radical (unpaired) electrons. The van der Waals surface area contributed by atoms with Crippen molar-refractivity contribution < 1.29 is 0 Å². The SMILES string of the molecule is [CH2]C=CCCCCCCCC(C)CCCCCCCCCC[CH2]. The molecule has 1 atom stereocenters. The predicted molar refractivity (Wildman–Crippen MR) is 108 cm³/mol. The van der Waals surface area contributed by atoms with Crippen molar-refractivity contribution in [3.8, 4) is 0 Å². The van der Waals surface area contributed by atoms with Gasteiger partial charge in [0, 0.05) is 0 Å². The molecular formula is C23H44. The highest BCUT2D eigenvalue weighted by molar-refractivity contribution is 4.83. The molecule has 0 aromatic rings. The van der Waals surface area contributed by atoms with E-state index in [1.807, 2.05) is 6.08 Å². The van der Waals surface area contributed by atoms with Crippen LogP contribution >= 0.6 is 0 Å². The number of hydrogen-bond acceptors (Lipinski definition) is 0. The van der Waals surface area contributed by atoms with Crippen LogP contribution in [-0.2, 0) is 0 Å². The Balaban J connectivity index is 3.14. The van der Waals surface area contributed by atoms with Crippen LogP contribution < -0.4 is 0 Å². The molecule has 0 N–H and O–H groups in total. The van der Waals surface area contributed by atoms with Gasteiger partial charge in [0.15, 0.2) is 0 Å². The molecule has 0 aromatic heterocycles. The largest absolute Gasteiger partial charge is 0.0885 e. The standard InChI is InChI=1S/C23H44/c1-4-6-8-10-12-14-16-18-20-22-23(3)21-19-17-15-13-11-9-7-5-2/h5,7,23H,1-2,4,6,8-22H2,3H3. The Morgan fingerprint density at radius 3 is 1.57 bits per heavy atom. The van der Waals surface area contributed by atoms with E-state index >= 15 is 0 Å². The molecule has 0 amide bonds. The fourth-order valence-electron chi connectivity index (χ4n) is 3.28. The Morgan fingerprint density at radius 1 is 0.652 bits per heavy atom. The van der Waals surface area contributed by atoms with E-state index in [0.717, 1.165) is 12.3 Å². The van der Waals surface area contributed by atoms with Crippen molar-refractivity contribution in [3.05, 3.63) is 26.0 Å². The van der Waals surface area contributed by atoms with Crippen molar-refractivity contribution in [1.29, 1.82) is 0 Å². The summed E-state index contributed by atoms with van der Waals surface area (Å²) < 4.78 is 0. The highest BCUT2D eigenvalue weighted by Gasteiger charge is 2.02. The molecule has 0 nitrogen and oxygen atoms in total. The van der Waals surface area contributed by atoms with E-state index in [1.165, 1.54) is 103 Å². The van der Waals surface area contributed by atoms with Crippen molar-refractivity contribution >= 4 is 0 Å². The van der Waals surface area contributed by atoms with Gasteiger partial charge in [0.25, 0.3) is 0 Å². The minimum absolute atomic E-state index is 0.946. The fraction of sp³-hybridized carbons (Fsp3) is 0.826. The summed E-state index contributed by atoms with van der Waals surface area (Å²) in [4.78, 5) is 0. The summed E-state index contributed by atoms with van der Waals surface area (Å²) in [6.07, 6.45) is 27.8. The number of hydrogen-bond donors (Lipinski definition) is 0. The maximum Gasteiger partial charge on any atom is -0.0316 e. The highest BCUT2D eigenvalue weighted by atomic mass is 14.1. The first-order valence-corrected chi connectivity index (χ1v) is 10.5. The Kier molecular flexibility index (Phi) is 19.6. The number of unbranched alkanes of at least 4 members (excludes halogenated alkanes) is 13. The van der Waals surface area contributed by atoms with E-state index in [9.17, 15) is 0 Å². The summed E-state index contributed by atoms with van der Waals surface area (Å²) in [7, 11) is 0. The summed E-state index contributed by atoms with van der Waals surface area (Å²) in [6, 6.07) is 0. The van der Waals surface area contributed by atoms with Crippen molar-refractivity contribution in [3.63, 3.8) is 0 Å². The first-order valence-electron chi connectivity index (χ1n) is 10.5. The van der Waals surface area contributed by atoms with Crippen molar-refractivity contribution in [2.75, 3.05) is 0 Å². The van der Waals surface area contributed by atoms with Crippen LogP contribution in [0.3, 0.4) is 0 Å². The molecule has 0 rings (SSSR count). The van der Waals surface area contributed by atoms with Gasteiger partial charge in [0.2, 0.25) is 0 Å². The zero-order valence-corrected chi connectivity index (χ0v) is 16.2. The molecule has 0 heterocycles. The number of rotatable bonds is 18. The van der Waals surface area contributed by atoms with Gasteiger partial charge in [-0.2, -0.15) is 0 Å². The fourth-order valence-corrected chi connectivity index (χ4v) is 3.28. The molecule has 0 heteroatoms. The zero-order chi connectivity index (χ0) is 17.0. The van der Waals surface area contributed by atoms with E-state index in [2.05, 4.69) is 26.8 Å². The Morgan fingerprint density at radius 2 is 1.09 bits per heavy atom. The number of allylic oxidation sites excluding steroid dienone is 2. The van der Waals surface area contributed by atoms with Crippen LogP contribution in [0.15, 0.2) is 12.2 Å². The van der Waals surface area contributed by atoms with Crippen LogP contribution in [0.5, 0.6) is 0 Å². The lowest BCUT2D eigenvalue weighted by Gasteiger charge is -2.11. The molecule has 23 heavy (non-hydrogen) atoms. The maximum atomic E-state index is 3.90. The summed E-state index contributed by atoms with van der Waals surface area (Å²) in [6.45, 7) is 10.1. The van der Waals surface area contributed by atoms with Crippen LogP contribution in [0, 0.1) is 19.8 Å².